The van der Waals surface area contributed by atoms with Gasteiger partial charge >= 0.3 is 0 Å². The molecule has 2 saturated heterocycles. The first-order chi connectivity index (χ1) is 9.95. The van der Waals surface area contributed by atoms with Crippen LogP contribution in [-0.4, -0.2) is 36.7 Å². The zero-order valence-corrected chi connectivity index (χ0v) is 13.5. The number of benzene rings is 1. The third-order valence-electron chi connectivity index (χ3n) is 4.98. The van der Waals surface area contributed by atoms with Gasteiger partial charge in [-0.2, -0.15) is 0 Å². The Bertz CT molecular complexity index is 477. The summed E-state index contributed by atoms with van der Waals surface area (Å²) in [6, 6.07) is 9.36. The van der Waals surface area contributed by atoms with Crippen molar-refractivity contribution in [2.75, 3.05) is 19.7 Å². The maximum Gasteiger partial charge on any atom is 0.0895 e. The minimum atomic E-state index is -0.0273. The minimum Gasteiger partial charge on any atom is -0.373 e. The van der Waals surface area contributed by atoms with Crippen molar-refractivity contribution in [1.29, 1.82) is 0 Å². The first-order valence-corrected chi connectivity index (χ1v) is 8.17. The van der Waals surface area contributed by atoms with Crippen molar-refractivity contribution in [2.24, 2.45) is 5.73 Å². The van der Waals surface area contributed by atoms with E-state index in [2.05, 4.69) is 49.9 Å². The zero-order valence-electron chi connectivity index (χ0n) is 13.5. The van der Waals surface area contributed by atoms with Gasteiger partial charge in [0, 0.05) is 12.6 Å². The predicted octanol–water partition coefficient (Wildman–Crippen LogP) is 2.85. The van der Waals surface area contributed by atoms with Crippen LogP contribution in [0.25, 0.3) is 0 Å². The highest BCUT2D eigenvalue weighted by atomic mass is 16.5. The maximum absolute atomic E-state index is 6.46. The van der Waals surface area contributed by atoms with Gasteiger partial charge in [0.1, 0.15) is 0 Å². The summed E-state index contributed by atoms with van der Waals surface area (Å²) in [4.78, 5) is 2.55. The summed E-state index contributed by atoms with van der Waals surface area (Å²) in [5.74, 6) is 0. The number of nitrogens with zero attached hydrogens (tertiary/aromatic N) is 1. The Morgan fingerprint density at radius 2 is 1.95 bits per heavy atom. The van der Waals surface area contributed by atoms with E-state index in [1.807, 2.05) is 0 Å². The number of rotatable bonds is 2. The van der Waals surface area contributed by atoms with E-state index in [0.717, 1.165) is 13.2 Å². The van der Waals surface area contributed by atoms with Gasteiger partial charge in [0.25, 0.3) is 0 Å². The Hall–Kier alpha value is -0.900. The van der Waals surface area contributed by atoms with Crippen molar-refractivity contribution in [3.05, 3.63) is 35.4 Å². The Morgan fingerprint density at radius 1 is 1.24 bits per heavy atom. The summed E-state index contributed by atoms with van der Waals surface area (Å²) in [6.07, 6.45) is 2.71. The van der Waals surface area contributed by atoms with E-state index in [9.17, 15) is 0 Å². The number of morpholine rings is 1. The van der Waals surface area contributed by atoms with Gasteiger partial charge in [0.2, 0.25) is 0 Å². The highest BCUT2D eigenvalue weighted by Crippen LogP contribution is 2.29. The van der Waals surface area contributed by atoms with E-state index in [1.54, 1.807) is 0 Å². The largest absolute Gasteiger partial charge is 0.373 e. The molecule has 2 fully saturated rings. The monoisotopic (exact) mass is 288 g/mol. The first-order valence-electron chi connectivity index (χ1n) is 8.17. The normalized spacial score (nSPS) is 28.4. The summed E-state index contributed by atoms with van der Waals surface area (Å²) in [6.45, 7) is 9.74. The molecule has 116 valence electrons. The molecule has 3 atom stereocenters. The summed E-state index contributed by atoms with van der Waals surface area (Å²) in [7, 11) is 0. The molecule has 3 heteroatoms. The number of fused-ring (bicyclic) bond motifs is 1. The van der Waals surface area contributed by atoms with Gasteiger partial charge in [-0.15, -0.1) is 0 Å². The molecule has 0 saturated carbocycles. The van der Waals surface area contributed by atoms with Gasteiger partial charge in [0.05, 0.1) is 18.8 Å². The van der Waals surface area contributed by atoms with E-state index in [1.165, 1.54) is 30.5 Å². The molecule has 1 aromatic rings. The van der Waals surface area contributed by atoms with Crippen LogP contribution in [0.15, 0.2) is 24.3 Å². The zero-order chi connectivity index (χ0) is 15.0. The molecule has 3 rings (SSSR count). The molecule has 0 aromatic heterocycles. The van der Waals surface area contributed by atoms with Crippen LogP contribution in [0, 0.1) is 0 Å². The molecule has 3 unspecified atom stereocenters. The van der Waals surface area contributed by atoms with Crippen LogP contribution in [0.1, 0.15) is 50.8 Å². The molecule has 3 nitrogen and oxygen atoms in total. The van der Waals surface area contributed by atoms with Crippen molar-refractivity contribution >= 4 is 0 Å². The van der Waals surface area contributed by atoms with E-state index in [-0.39, 0.29) is 17.6 Å². The Morgan fingerprint density at radius 3 is 2.62 bits per heavy atom. The lowest BCUT2D eigenvalue weighted by Crippen LogP contribution is -2.49. The smallest absolute Gasteiger partial charge is 0.0895 e. The lowest BCUT2D eigenvalue weighted by molar-refractivity contribution is -0.0597. The van der Waals surface area contributed by atoms with Gasteiger partial charge in [-0.3, -0.25) is 4.90 Å². The van der Waals surface area contributed by atoms with E-state index >= 15 is 0 Å². The lowest BCUT2D eigenvalue weighted by atomic mass is 9.86. The fraction of sp³-hybridized carbons (Fsp3) is 0.667. The highest BCUT2D eigenvalue weighted by Gasteiger charge is 2.35. The minimum absolute atomic E-state index is 0.0273. The average molecular weight is 288 g/mol. The molecule has 2 aliphatic rings. The summed E-state index contributed by atoms with van der Waals surface area (Å²) in [5, 5.41) is 0. The molecule has 0 radical (unpaired) electrons. The summed E-state index contributed by atoms with van der Waals surface area (Å²) < 4.78 is 6.04. The molecule has 0 spiro atoms. The molecule has 1 aromatic carbocycles. The highest BCUT2D eigenvalue weighted by molar-refractivity contribution is 5.29. The second-order valence-corrected chi connectivity index (χ2v) is 7.56. The van der Waals surface area contributed by atoms with Crippen LogP contribution in [0.3, 0.4) is 0 Å². The van der Waals surface area contributed by atoms with Crippen LogP contribution in [0.5, 0.6) is 0 Å². The third kappa shape index (κ3) is 3.15. The Kier molecular flexibility index (Phi) is 4.08. The van der Waals surface area contributed by atoms with Gasteiger partial charge < -0.3 is 10.5 Å². The molecule has 2 N–H and O–H groups in total. The molecule has 0 amide bonds. The van der Waals surface area contributed by atoms with Crippen molar-refractivity contribution < 1.29 is 4.74 Å². The molecule has 2 heterocycles. The van der Waals surface area contributed by atoms with Crippen LogP contribution < -0.4 is 5.73 Å². The quantitative estimate of drug-likeness (QED) is 0.909. The Labute approximate surface area is 128 Å². The topological polar surface area (TPSA) is 38.5 Å². The molecular formula is C18H28N2O. The number of hydrogen-bond donors (Lipinski definition) is 1. The van der Waals surface area contributed by atoms with Gasteiger partial charge in [0.15, 0.2) is 0 Å². The predicted molar refractivity (Wildman–Crippen MR) is 86.4 cm³/mol. The fourth-order valence-corrected chi connectivity index (χ4v) is 3.48. The standard InChI is InChI=1S/C18H28N2O/c1-18(2,3)14-8-6-13(7-9-14)17(19)16-11-20-10-4-5-15(20)12-21-16/h6-9,15-17H,4-5,10-12,19H2,1-3H3. The van der Waals surface area contributed by atoms with Crippen molar-refractivity contribution in [3.63, 3.8) is 0 Å². The lowest BCUT2D eigenvalue weighted by Gasteiger charge is -2.38. The molecule has 0 bridgehead atoms. The van der Waals surface area contributed by atoms with Crippen molar-refractivity contribution in [3.8, 4) is 0 Å². The van der Waals surface area contributed by atoms with E-state index < -0.39 is 0 Å². The second-order valence-electron chi connectivity index (χ2n) is 7.56. The maximum atomic E-state index is 6.46. The molecular weight excluding hydrogens is 260 g/mol. The van der Waals surface area contributed by atoms with Gasteiger partial charge in [-0.25, -0.2) is 0 Å². The van der Waals surface area contributed by atoms with Gasteiger partial charge in [-0.1, -0.05) is 45.0 Å². The van der Waals surface area contributed by atoms with Crippen molar-refractivity contribution in [1.82, 2.24) is 4.90 Å². The van der Waals surface area contributed by atoms with Crippen LogP contribution in [-0.2, 0) is 10.2 Å². The molecule has 21 heavy (non-hydrogen) atoms. The van der Waals surface area contributed by atoms with Gasteiger partial charge in [-0.05, 0) is 35.9 Å². The van der Waals surface area contributed by atoms with Crippen LogP contribution >= 0.6 is 0 Å². The van der Waals surface area contributed by atoms with E-state index in [0.29, 0.717) is 6.04 Å². The van der Waals surface area contributed by atoms with Crippen molar-refractivity contribution in [2.45, 2.75) is 57.2 Å². The number of ether oxygens (including phenoxy) is 1. The Balaban J connectivity index is 1.69. The van der Waals surface area contributed by atoms with Crippen LogP contribution in [0.4, 0.5) is 0 Å². The second kappa shape index (κ2) is 5.71. The number of hydrogen-bond acceptors (Lipinski definition) is 3. The summed E-state index contributed by atoms with van der Waals surface area (Å²) in [5.41, 5.74) is 9.18. The summed E-state index contributed by atoms with van der Waals surface area (Å²) >= 11 is 0. The average Bonchev–Trinajstić information content (AvgIpc) is 2.93. The van der Waals surface area contributed by atoms with E-state index in [4.69, 9.17) is 10.5 Å². The van der Waals surface area contributed by atoms with Crippen LogP contribution in [0.2, 0.25) is 0 Å². The SMILES string of the molecule is CC(C)(C)c1ccc(C(N)C2CN3CCCC3CO2)cc1. The first kappa shape index (κ1) is 15.0. The third-order valence-corrected chi connectivity index (χ3v) is 4.98. The molecule has 0 aliphatic carbocycles. The number of nitrogens with two attached hydrogens (primary N) is 1. The fourth-order valence-electron chi connectivity index (χ4n) is 3.48. The molecule has 2 aliphatic heterocycles.